The Morgan fingerprint density at radius 3 is 2.43 bits per heavy atom. The standard InChI is InChI=1S/C20H25NOS/c1-4-14-23-19-9-7-6-8-18(19)20(22)21-17-12-10-16(11-13-17)15(3)5-2/h6-13,15H,4-5,14H2,1-3H3,(H,21,22). The molecule has 0 aliphatic heterocycles. The van der Waals surface area contributed by atoms with Crippen LogP contribution in [-0.2, 0) is 0 Å². The molecule has 3 heteroatoms. The second-order valence-electron chi connectivity index (χ2n) is 5.73. The third-order valence-electron chi connectivity index (χ3n) is 3.94. The summed E-state index contributed by atoms with van der Waals surface area (Å²) in [6, 6.07) is 16.0. The van der Waals surface area contributed by atoms with E-state index >= 15 is 0 Å². The van der Waals surface area contributed by atoms with Crippen LogP contribution < -0.4 is 5.32 Å². The summed E-state index contributed by atoms with van der Waals surface area (Å²) in [6.07, 6.45) is 2.21. The van der Waals surface area contributed by atoms with Crippen molar-refractivity contribution in [3.8, 4) is 0 Å². The van der Waals surface area contributed by atoms with Gasteiger partial charge >= 0.3 is 0 Å². The first kappa shape index (κ1) is 17.6. The molecular formula is C20H25NOS. The maximum atomic E-state index is 12.5. The smallest absolute Gasteiger partial charge is 0.256 e. The van der Waals surface area contributed by atoms with Gasteiger partial charge in [-0.15, -0.1) is 11.8 Å². The van der Waals surface area contributed by atoms with Crippen LogP contribution in [0.3, 0.4) is 0 Å². The zero-order valence-corrected chi connectivity index (χ0v) is 15.0. The highest BCUT2D eigenvalue weighted by Gasteiger charge is 2.11. The summed E-state index contributed by atoms with van der Waals surface area (Å²) in [5.41, 5.74) is 2.90. The van der Waals surface area contributed by atoms with E-state index in [2.05, 4.69) is 38.2 Å². The highest BCUT2D eigenvalue weighted by Crippen LogP contribution is 2.25. The number of carbonyl (C=O) groups is 1. The lowest BCUT2D eigenvalue weighted by Crippen LogP contribution is -2.13. The van der Waals surface area contributed by atoms with Crippen LogP contribution in [0.1, 0.15) is 55.5 Å². The second kappa shape index (κ2) is 8.78. The number of carbonyl (C=O) groups excluding carboxylic acids is 1. The number of nitrogens with one attached hydrogen (secondary N) is 1. The molecule has 0 aliphatic rings. The highest BCUT2D eigenvalue weighted by atomic mass is 32.2. The molecule has 1 N–H and O–H groups in total. The van der Waals surface area contributed by atoms with E-state index in [4.69, 9.17) is 0 Å². The minimum absolute atomic E-state index is 0.0412. The molecule has 0 bridgehead atoms. The van der Waals surface area contributed by atoms with Crippen molar-refractivity contribution >= 4 is 23.4 Å². The van der Waals surface area contributed by atoms with Crippen molar-refractivity contribution in [1.29, 1.82) is 0 Å². The average molecular weight is 327 g/mol. The number of anilines is 1. The molecular weight excluding hydrogens is 302 g/mol. The summed E-state index contributed by atoms with van der Waals surface area (Å²) in [4.78, 5) is 13.6. The van der Waals surface area contributed by atoms with Crippen molar-refractivity contribution in [2.24, 2.45) is 0 Å². The van der Waals surface area contributed by atoms with Gasteiger partial charge in [-0.3, -0.25) is 4.79 Å². The minimum atomic E-state index is -0.0412. The predicted octanol–water partition coefficient (Wildman–Crippen LogP) is 5.95. The maximum absolute atomic E-state index is 12.5. The topological polar surface area (TPSA) is 29.1 Å². The molecule has 2 nitrogen and oxygen atoms in total. The van der Waals surface area contributed by atoms with Gasteiger partial charge in [-0.25, -0.2) is 0 Å². The Kier molecular flexibility index (Phi) is 6.72. The summed E-state index contributed by atoms with van der Waals surface area (Å²) in [5.74, 6) is 1.53. The molecule has 0 aromatic heterocycles. The number of benzene rings is 2. The van der Waals surface area contributed by atoms with E-state index in [0.717, 1.165) is 34.7 Å². The molecule has 0 spiro atoms. The maximum Gasteiger partial charge on any atom is 0.256 e. The predicted molar refractivity (Wildman–Crippen MR) is 101 cm³/mol. The Morgan fingerprint density at radius 1 is 1.09 bits per heavy atom. The number of thioether (sulfide) groups is 1. The van der Waals surface area contributed by atoms with E-state index < -0.39 is 0 Å². The second-order valence-corrected chi connectivity index (χ2v) is 6.87. The average Bonchev–Trinajstić information content (AvgIpc) is 2.60. The highest BCUT2D eigenvalue weighted by molar-refractivity contribution is 7.99. The van der Waals surface area contributed by atoms with Crippen molar-refractivity contribution in [2.45, 2.75) is 44.4 Å². The molecule has 2 aromatic rings. The molecule has 1 atom stereocenters. The van der Waals surface area contributed by atoms with Crippen LogP contribution in [-0.4, -0.2) is 11.7 Å². The molecule has 1 amide bonds. The van der Waals surface area contributed by atoms with E-state index in [1.807, 2.05) is 36.4 Å². The van der Waals surface area contributed by atoms with Gasteiger partial charge in [0.15, 0.2) is 0 Å². The third kappa shape index (κ3) is 4.87. The summed E-state index contributed by atoms with van der Waals surface area (Å²) < 4.78 is 0. The molecule has 23 heavy (non-hydrogen) atoms. The van der Waals surface area contributed by atoms with Crippen LogP contribution in [0.25, 0.3) is 0 Å². The molecule has 0 heterocycles. The van der Waals surface area contributed by atoms with Crippen LogP contribution in [0, 0.1) is 0 Å². The fraction of sp³-hybridized carbons (Fsp3) is 0.350. The van der Waals surface area contributed by atoms with E-state index in [1.165, 1.54) is 5.56 Å². The number of rotatable bonds is 7. The first-order chi connectivity index (χ1) is 11.2. The van der Waals surface area contributed by atoms with Crippen molar-refractivity contribution in [3.63, 3.8) is 0 Å². The van der Waals surface area contributed by atoms with E-state index in [-0.39, 0.29) is 5.91 Å². The van der Waals surface area contributed by atoms with Gasteiger partial charge in [0.2, 0.25) is 0 Å². The van der Waals surface area contributed by atoms with Crippen LogP contribution in [0.2, 0.25) is 0 Å². The molecule has 2 aromatic carbocycles. The number of hydrogen-bond donors (Lipinski definition) is 1. The molecule has 0 fully saturated rings. The van der Waals surface area contributed by atoms with Gasteiger partial charge in [0.05, 0.1) is 5.56 Å². The van der Waals surface area contributed by atoms with Gasteiger partial charge < -0.3 is 5.32 Å². The van der Waals surface area contributed by atoms with Gasteiger partial charge in [-0.05, 0) is 54.3 Å². The number of amides is 1. The number of hydrogen-bond acceptors (Lipinski definition) is 2. The van der Waals surface area contributed by atoms with Crippen molar-refractivity contribution in [2.75, 3.05) is 11.1 Å². The third-order valence-corrected chi connectivity index (χ3v) is 5.22. The van der Waals surface area contributed by atoms with Crippen LogP contribution in [0.4, 0.5) is 5.69 Å². The summed E-state index contributed by atoms with van der Waals surface area (Å²) in [7, 11) is 0. The van der Waals surface area contributed by atoms with Crippen molar-refractivity contribution in [1.82, 2.24) is 0 Å². The van der Waals surface area contributed by atoms with E-state index in [1.54, 1.807) is 11.8 Å². The lowest BCUT2D eigenvalue weighted by Gasteiger charge is -2.12. The van der Waals surface area contributed by atoms with Crippen molar-refractivity contribution < 1.29 is 4.79 Å². The van der Waals surface area contributed by atoms with Gasteiger partial charge in [-0.2, -0.15) is 0 Å². The van der Waals surface area contributed by atoms with Gasteiger partial charge in [-0.1, -0.05) is 45.0 Å². The summed E-state index contributed by atoms with van der Waals surface area (Å²) in [6.45, 7) is 6.55. The zero-order chi connectivity index (χ0) is 16.7. The van der Waals surface area contributed by atoms with E-state index in [9.17, 15) is 4.79 Å². The van der Waals surface area contributed by atoms with Crippen LogP contribution >= 0.6 is 11.8 Å². The normalized spacial score (nSPS) is 12.0. The summed E-state index contributed by atoms with van der Waals surface area (Å²) >= 11 is 1.73. The van der Waals surface area contributed by atoms with E-state index in [0.29, 0.717) is 5.92 Å². The SMILES string of the molecule is CCCSc1ccccc1C(=O)Nc1ccc(C(C)CC)cc1. The lowest BCUT2D eigenvalue weighted by molar-refractivity contribution is 0.102. The molecule has 0 radical (unpaired) electrons. The molecule has 2 rings (SSSR count). The first-order valence-corrected chi connectivity index (χ1v) is 9.27. The Bertz CT molecular complexity index is 636. The summed E-state index contributed by atoms with van der Waals surface area (Å²) in [5, 5.41) is 3.01. The van der Waals surface area contributed by atoms with Crippen LogP contribution in [0.15, 0.2) is 53.4 Å². The molecule has 122 valence electrons. The zero-order valence-electron chi connectivity index (χ0n) is 14.1. The van der Waals surface area contributed by atoms with Crippen molar-refractivity contribution in [3.05, 3.63) is 59.7 Å². The Balaban J connectivity index is 2.10. The molecule has 1 unspecified atom stereocenters. The lowest BCUT2D eigenvalue weighted by atomic mass is 9.98. The molecule has 0 aliphatic carbocycles. The fourth-order valence-corrected chi connectivity index (χ4v) is 3.24. The monoisotopic (exact) mass is 327 g/mol. The minimum Gasteiger partial charge on any atom is -0.322 e. The van der Waals surface area contributed by atoms with Gasteiger partial charge in [0.1, 0.15) is 0 Å². The molecule has 0 saturated heterocycles. The largest absolute Gasteiger partial charge is 0.322 e. The quantitative estimate of drug-likeness (QED) is 0.636. The van der Waals surface area contributed by atoms with Gasteiger partial charge in [0, 0.05) is 10.6 Å². The van der Waals surface area contributed by atoms with Gasteiger partial charge in [0.25, 0.3) is 5.91 Å². The Morgan fingerprint density at radius 2 is 1.78 bits per heavy atom. The first-order valence-electron chi connectivity index (χ1n) is 8.28. The Labute approximate surface area is 143 Å². The van der Waals surface area contributed by atoms with Crippen LogP contribution in [0.5, 0.6) is 0 Å². The fourth-order valence-electron chi connectivity index (χ4n) is 2.32. The Hall–Kier alpha value is -1.74. The molecule has 0 saturated carbocycles.